The standard InChI is InChI=1S/C20H15Cl3N4O/c1-2-15-17-19(27(26-15)18-13(22)9-12(21)10-14(18)23)24-16(25-20(17)28)8-11-6-4-3-5-7-11/h3-7,9-10H,2,8H2,1H3,(H,24,25,28). The molecular formula is C20H15Cl3N4O. The molecule has 0 spiro atoms. The van der Waals surface area contributed by atoms with E-state index in [4.69, 9.17) is 34.8 Å². The second-order valence-corrected chi connectivity index (χ2v) is 7.55. The summed E-state index contributed by atoms with van der Waals surface area (Å²) in [6.45, 7) is 1.93. The number of aromatic nitrogens is 4. The van der Waals surface area contributed by atoms with Crippen LogP contribution in [-0.4, -0.2) is 19.7 Å². The minimum absolute atomic E-state index is 0.236. The monoisotopic (exact) mass is 432 g/mol. The van der Waals surface area contributed by atoms with Crippen molar-refractivity contribution in [1.82, 2.24) is 19.7 Å². The Morgan fingerprint density at radius 2 is 1.75 bits per heavy atom. The highest BCUT2D eigenvalue weighted by Gasteiger charge is 2.20. The summed E-state index contributed by atoms with van der Waals surface area (Å²) in [5.41, 5.74) is 2.28. The minimum atomic E-state index is -0.236. The first kappa shape index (κ1) is 19.0. The van der Waals surface area contributed by atoms with Gasteiger partial charge in [0, 0.05) is 11.4 Å². The average molecular weight is 434 g/mol. The third-order valence-electron chi connectivity index (χ3n) is 4.40. The second-order valence-electron chi connectivity index (χ2n) is 6.30. The van der Waals surface area contributed by atoms with E-state index in [1.807, 2.05) is 37.3 Å². The van der Waals surface area contributed by atoms with E-state index >= 15 is 0 Å². The van der Waals surface area contributed by atoms with Gasteiger partial charge in [-0.25, -0.2) is 9.67 Å². The van der Waals surface area contributed by atoms with E-state index in [9.17, 15) is 4.79 Å². The maximum absolute atomic E-state index is 12.8. The predicted molar refractivity (Wildman–Crippen MR) is 113 cm³/mol. The van der Waals surface area contributed by atoms with Crippen LogP contribution in [-0.2, 0) is 12.8 Å². The molecule has 0 saturated heterocycles. The molecule has 4 rings (SSSR count). The zero-order chi connectivity index (χ0) is 19.8. The molecule has 0 fully saturated rings. The maximum Gasteiger partial charge on any atom is 0.262 e. The van der Waals surface area contributed by atoms with E-state index in [-0.39, 0.29) is 5.56 Å². The normalized spacial score (nSPS) is 11.3. The van der Waals surface area contributed by atoms with Crippen molar-refractivity contribution in [2.24, 2.45) is 0 Å². The maximum atomic E-state index is 12.8. The largest absolute Gasteiger partial charge is 0.310 e. The van der Waals surface area contributed by atoms with Gasteiger partial charge >= 0.3 is 0 Å². The Morgan fingerprint density at radius 1 is 1.07 bits per heavy atom. The van der Waals surface area contributed by atoms with Crippen molar-refractivity contribution in [3.05, 3.63) is 85.0 Å². The first-order valence-electron chi connectivity index (χ1n) is 8.67. The minimum Gasteiger partial charge on any atom is -0.310 e. The van der Waals surface area contributed by atoms with Crippen LogP contribution in [0.3, 0.4) is 0 Å². The number of nitrogens with zero attached hydrogens (tertiary/aromatic N) is 3. The van der Waals surface area contributed by atoms with Gasteiger partial charge in [0.25, 0.3) is 5.56 Å². The molecule has 0 amide bonds. The number of nitrogens with one attached hydrogen (secondary N) is 1. The summed E-state index contributed by atoms with van der Waals surface area (Å²) in [6.07, 6.45) is 1.05. The van der Waals surface area contributed by atoms with Crippen molar-refractivity contribution in [2.45, 2.75) is 19.8 Å². The highest BCUT2D eigenvalue weighted by molar-refractivity contribution is 6.40. The Kier molecular flexibility index (Phi) is 5.15. The Balaban J connectivity index is 1.96. The predicted octanol–water partition coefficient (Wildman–Crippen LogP) is 5.22. The van der Waals surface area contributed by atoms with Gasteiger partial charge in [0.05, 0.1) is 15.7 Å². The molecule has 0 saturated carbocycles. The Bertz CT molecular complexity index is 1210. The van der Waals surface area contributed by atoms with Crippen LogP contribution >= 0.6 is 34.8 Å². The fourth-order valence-corrected chi connectivity index (χ4v) is 4.13. The third kappa shape index (κ3) is 3.41. The number of hydrogen-bond acceptors (Lipinski definition) is 3. The van der Waals surface area contributed by atoms with Crippen LogP contribution in [0.5, 0.6) is 0 Å². The van der Waals surface area contributed by atoms with E-state index in [1.54, 1.807) is 12.1 Å². The molecule has 0 aliphatic carbocycles. The summed E-state index contributed by atoms with van der Waals surface area (Å²) in [4.78, 5) is 20.3. The highest BCUT2D eigenvalue weighted by Crippen LogP contribution is 2.33. The lowest BCUT2D eigenvalue weighted by Gasteiger charge is -2.09. The molecule has 1 N–H and O–H groups in total. The molecule has 5 nitrogen and oxygen atoms in total. The fourth-order valence-electron chi connectivity index (χ4n) is 3.15. The number of rotatable bonds is 4. The van der Waals surface area contributed by atoms with E-state index < -0.39 is 0 Å². The summed E-state index contributed by atoms with van der Waals surface area (Å²) < 4.78 is 1.53. The topological polar surface area (TPSA) is 63.6 Å². The second kappa shape index (κ2) is 7.59. The summed E-state index contributed by atoms with van der Waals surface area (Å²) in [5.74, 6) is 0.536. The van der Waals surface area contributed by atoms with Crippen molar-refractivity contribution in [3.63, 3.8) is 0 Å². The first-order valence-corrected chi connectivity index (χ1v) is 9.81. The molecule has 2 heterocycles. The molecule has 2 aromatic carbocycles. The summed E-state index contributed by atoms with van der Waals surface area (Å²) in [6, 6.07) is 13.0. The van der Waals surface area contributed by atoms with Crippen LogP contribution < -0.4 is 5.56 Å². The van der Waals surface area contributed by atoms with Crippen LogP contribution in [0.4, 0.5) is 0 Å². The van der Waals surface area contributed by atoms with Gasteiger partial charge in [0.1, 0.15) is 16.9 Å². The molecule has 0 bridgehead atoms. The van der Waals surface area contributed by atoms with Crippen molar-refractivity contribution in [1.29, 1.82) is 0 Å². The van der Waals surface area contributed by atoms with E-state index in [0.717, 1.165) is 5.56 Å². The lowest BCUT2D eigenvalue weighted by molar-refractivity contribution is 0.848. The first-order chi connectivity index (χ1) is 13.5. The Labute approximate surface area is 175 Å². The molecule has 0 radical (unpaired) electrons. The molecule has 0 unspecified atom stereocenters. The van der Waals surface area contributed by atoms with Gasteiger partial charge < -0.3 is 4.98 Å². The van der Waals surface area contributed by atoms with Gasteiger partial charge in [-0.05, 0) is 24.1 Å². The van der Waals surface area contributed by atoms with Crippen LogP contribution in [0.1, 0.15) is 24.0 Å². The highest BCUT2D eigenvalue weighted by atomic mass is 35.5. The summed E-state index contributed by atoms with van der Waals surface area (Å²) in [5, 5.41) is 6.07. The number of benzene rings is 2. The van der Waals surface area contributed by atoms with Crippen LogP contribution in [0.25, 0.3) is 16.7 Å². The van der Waals surface area contributed by atoms with Gasteiger partial charge in [-0.15, -0.1) is 0 Å². The quantitative estimate of drug-likeness (QED) is 0.480. The molecule has 28 heavy (non-hydrogen) atoms. The van der Waals surface area contributed by atoms with Gasteiger partial charge in [-0.2, -0.15) is 5.10 Å². The molecule has 0 aliphatic rings. The molecule has 0 aliphatic heterocycles. The van der Waals surface area contributed by atoms with Crippen LogP contribution in [0.15, 0.2) is 47.3 Å². The molecule has 2 aromatic heterocycles. The van der Waals surface area contributed by atoms with Crippen molar-refractivity contribution in [2.75, 3.05) is 0 Å². The smallest absolute Gasteiger partial charge is 0.262 e. The zero-order valence-corrected chi connectivity index (χ0v) is 17.1. The lowest BCUT2D eigenvalue weighted by Crippen LogP contribution is -2.13. The lowest BCUT2D eigenvalue weighted by atomic mass is 10.1. The van der Waals surface area contributed by atoms with Gasteiger partial charge in [0.2, 0.25) is 0 Å². The number of aromatic amines is 1. The fraction of sp³-hybridized carbons (Fsp3) is 0.150. The van der Waals surface area contributed by atoms with Gasteiger partial charge in [-0.3, -0.25) is 4.79 Å². The average Bonchev–Trinajstić information content (AvgIpc) is 3.01. The molecule has 4 aromatic rings. The van der Waals surface area contributed by atoms with E-state index in [1.165, 1.54) is 4.68 Å². The number of H-pyrrole nitrogens is 1. The third-order valence-corrected chi connectivity index (χ3v) is 5.20. The van der Waals surface area contributed by atoms with Gasteiger partial charge in [-0.1, -0.05) is 72.1 Å². The Hall–Kier alpha value is -2.34. The molecule has 8 heteroatoms. The molecular weight excluding hydrogens is 419 g/mol. The van der Waals surface area contributed by atoms with Crippen LogP contribution in [0.2, 0.25) is 15.1 Å². The van der Waals surface area contributed by atoms with Crippen molar-refractivity contribution < 1.29 is 0 Å². The zero-order valence-electron chi connectivity index (χ0n) is 14.8. The number of hydrogen-bond donors (Lipinski definition) is 1. The van der Waals surface area contributed by atoms with Crippen LogP contribution in [0, 0.1) is 0 Å². The molecule has 0 atom stereocenters. The Morgan fingerprint density at radius 3 is 2.39 bits per heavy atom. The number of fused-ring (bicyclic) bond motifs is 1. The van der Waals surface area contributed by atoms with Gasteiger partial charge in [0.15, 0.2) is 5.65 Å². The summed E-state index contributed by atoms with van der Waals surface area (Å²) in [7, 11) is 0. The van der Waals surface area contributed by atoms with E-state index in [2.05, 4.69) is 15.1 Å². The number of aryl methyl sites for hydroxylation is 1. The van der Waals surface area contributed by atoms with E-state index in [0.29, 0.717) is 56.1 Å². The van der Waals surface area contributed by atoms with Crippen molar-refractivity contribution in [3.8, 4) is 5.69 Å². The number of halogens is 3. The SMILES string of the molecule is CCc1nn(-c2c(Cl)cc(Cl)cc2Cl)c2nc(Cc3ccccc3)[nH]c(=O)c12. The van der Waals surface area contributed by atoms with Crippen molar-refractivity contribution >= 4 is 45.8 Å². The summed E-state index contributed by atoms with van der Waals surface area (Å²) >= 11 is 18.8. The molecule has 142 valence electrons.